The number of aliphatic imine (C=N–C) groups is 1. The molecule has 184 valence electrons. The molecule has 0 unspecified atom stereocenters. The Morgan fingerprint density at radius 3 is 2.66 bits per heavy atom. The number of furan rings is 1. The topological polar surface area (TPSA) is 54.6 Å². The number of nitrogens with zero attached hydrogens (tertiary/aromatic N) is 1. The van der Waals surface area contributed by atoms with Crippen LogP contribution in [0.5, 0.6) is 0 Å². The predicted octanol–water partition coefficient (Wildman–Crippen LogP) is 7.72. The molecule has 0 atom stereocenters. The van der Waals surface area contributed by atoms with Crippen molar-refractivity contribution < 1.29 is 22.4 Å². The standard InChI is InChI=1S/C27H27F3N2O2S/c28-27(29,30)18-8-6-7-17(15-18)22-14-13-20(34-22)16-31-26-24(21-11-4-5-12-23(21)35-26)25(33)32-19-9-2-1-3-10-19/h6-8,13-16,19H,1-5,9-12H2,(H,32,33)/b31-16-. The summed E-state index contributed by atoms with van der Waals surface area (Å²) in [5.41, 5.74) is 1.42. The minimum absolute atomic E-state index is 0.0486. The Morgan fingerprint density at radius 2 is 1.86 bits per heavy atom. The Hall–Kier alpha value is -2.87. The molecule has 1 N–H and O–H groups in total. The number of amides is 1. The molecule has 3 aromatic rings. The quantitative estimate of drug-likeness (QED) is 0.365. The van der Waals surface area contributed by atoms with E-state index in [4.69, 9.17) is 4.42 Å². The van der Waals surface area contributed by atoms with Crippen molar-refractivity contribution in [1.82, 2.24) is 5.32 Å². The molecular weight excluding hydrogens is 473 g/mol. The molecule has 1 amide bonds. The molecule has 1 fully saturated rings. The second-order valence-electron chi connectivity index (χ2n) is 9.24. The van der Waals surface area contributed by atoms with Crippen LogP contribution in [0, 0.1) is 0 Å². The summed E-state index contributed by atoms with van der Waals surface area (Å²) in [6.45, 7) is 0. The molecule has 35 heavy (non-hydrogen) atoms. The van der Waals surface area contributed by atoms with Crippen LogP contribution in [0.2, 0.25) is 0 Å². The normalized spacial score (nSPS) is 17.0. The first-order chi connectivity index (χ1) is 16.9. The Balaban J connectivity index is 1.39. The second-order valence-corrected chi connectivity index (χ2v) is 10.3. The molecule has 0 radical (unpaired) electrons. The zero-order chi connectivity index (χ0) is 24.4. The zero-order valence-electron chi connectivity index (χ0n) is 19.3. The Labute approximate surface area is 206 Å². The Morgan fingerprint density at radius 1 is 1.06 bits per heavy atom. The van der Waals surface area contributed by atoms with Gasteiger partial charge in [0.05, 0.1) is 17.3 Å². The van der Waals surface area contributed by atoms with Crippen LogP contribution >= 0.6 is 11.3 Å². The largest absolute Gasteiger partial charge is 0.455 e. The summed E-state index contributed by atoms with van der Waals surface area (Å²) in [7, 11) is 0. The maximum absolute atomic E-state index is 13.3. The van der Waals surface area contributed by atoms with Crippen molar-refractivity contribution in [2.45, 2.75) is 70.0 Å². The SMILES string of the molecule is O=C(NC1CCCCC1)c1c(/N=C\c2ccc(-c3cccc(C(F)(F)F)c3)o2)sc2c1CCCC2. The number of hydrogen-bond donors (Lipinski definition) is 1. The molecule has 5 rings (SSSR count). The number of carbonyl (C=O) groups excluding carboxylic acids is 1. The number of hydrogen-bond acceptors (Lipinski definition) is 4. The van der Waals surface area contributed by atoms with Gasteiger partial charge in [0.15, 0.2) is 0 Å². The smallest absolute Gasteiger partial charge is 0.416 e. The lowest BCUT2D eigenvalue weighted by Crippen LogP contribution is -2.36. The minimum atomic E-state index is -4.42. The van der Waals surface area contributed by atoms with Crippen molar-refractivity contribution in [3.8, 4) is 11.3 Å². The molecule has 8 heteroatoms. The predicted molar refractivity (Wildman–Crippen MR) is 132 cm³/mol. The van der Waals surface area contributed by atoms with E-state index in [9.17, 15) is 18.0 Å². The molecule has 0 bridgehead atoms. The molecule has 1 aromatic carbocycles. The first-order valence-electron chi connectivity index (χ1n) is 12.2. The fourth-order valence-electron chi connectivity index (χ4n) is 4.93. The van der Waals surface area contributed by atoms with Gasteiger partial charge in [0.2, 0.25) is 0 Å². The molecule has 2 aromatic heterocycles. The van der Waals surface area contributed by atoms with E-state index in [0.29, 0.717) is 27.6 Å². The maximum Gasteiger partial charge on any atom is 0.416 e. The van der Waals surface area contributed by atoms with Crippen molar-refractivity contribution in [1.29, 1.82) is 0 Å². The maximum atomic E-state index is 13.3. The number of rotatable bonds is 5. The molecular formula is C27H27F3N2O2S. The van der Waals surface area contributed by atoms with Crippen molar-refractivity contribution in [3.05, 3.63) is 63.7 Å². The van der Waals surface area contributed by atoms with Gasteiger partial charge in [-0.2, -0.15) is 13.2 Å². The summed E-state index contributed by atoms with van der Waals surface area (Å²) in [5.74, 6) is 0.702. The van der Waals surface area contributed by atoms with Gasteiger partial charge in [-0.3, -0.25) is 4.79 Å². The van der Waals surface area contributed by atoms with Gasteiger partial charge in [0.1, 0.15) is 16.5 Å². The highest BCUT2D eigenvalue weighted by Crippen LogP contribution is 2.40. The van der Waals surface area contributed by atoms with Crippen LogP contribution < -0.4 is 5.32 Å². The van der Waals surface area contributed by atoms with Gasteiger partial charge in [0, 0.05) is 16.5 Å². The van der Waals surface area contributed by atoms with Gasteiger partial charge in [-0.1, -0.05) is 31.4 Å². The van der Waals surface area contributed by atoms with Crippen molar-refractivity contribution in [2.75, 3.05) is 0 Å². The molecule has 2 aliphatic carbocycles. The average Bonchev–Trinajstić information content (AvgIpc) is 3.47. The summed E-state index contributed by atoms with van der Waals surface area (Å²) in [4.78, 5) is 19.1. The van der Waals surface area contributed by atoms with E-state index in [0.717, 1.165) is 69.1 Å². The van der Waals surface area contributed by atoms with Crippen LogP contribution in [0.25, 0.3) is 11.3 Å². The fourth-order valence-corrected chi connectivity index (χ4v) is 6.16. The molecule has 0 saturated heterocycles. The van der Waals surface area contributed by atoms with E-state index < -0.39 is 11.7 Å². The highest BCUT2D eigenvalue weighted by molar-refractivity contribution is 7.16. The monoisotopic (exact) mass is 500 g/mol. The van der Waals surface area contributed by atoms with Crippen molar-refractivity contribution in [2.24, 2.45) is 4.99 Å². The third-order valence-electron chi connectivity index (χ3n) is 6.73. The van der Waals surface area contributed by atoms with E-state index in [1.807, 2.05) is 0 Å². The van der Waals surface area contributed by atoms with Gasteiger partial charge >= 0.3 is 6.18 Å². The van der Waals surface area contributed by atoms with Gasteiger partial charge in [-0.15, -0.1) is 11.3 Å². The van der Waals surface area contributed by atoms with Crippen LogP contribution in [-0.4, -0.2) is 18.2 Å². The third-order valence-corrected chi connectivity index (χ3v) is 7.93. The minimum Gasteiger partial charge on any atom is -0.455 e. The second kappa shape index (κ2) is 10.0. The number of nitrogens with one attached hydrogen (secondary N) is 1. The number of thiophene rings is 1. The van der Waals surface area contributed by atoms with E-state index in [1.54, 1.807) is 35.8 Å². The number of fused-ring (bicyclic) bond motifs is 1. The molecule has 0 spiro atoms. The summed E-state index contributed by atoms with van der Waals surface area (Å²) in [5, 5.41) is 3.90. The lowest BCUT2D eigenvalue weighted by Gasteiger charge is -2.23. The Bertz CT molecular complexity index is 1240. The Kier molecular flexibility index (Phi) is 6.82. The van der Waals surface area contributed by atoms with Gasteiger partial charge < -0.3 is 9.73 Å². The van der Waals surface area contributed by atoms with Gasteiger partial charge in [-0.05, 0) is 68.4 Å². The van der Waals surface area contributed by atoms with Crippen LogP contribution in [0.1, 0.15) is 77.1 Å². The van der Waals surface area contributed by atoms with Crippen LogP contribution in [0.4, 0.5) is 18.2 Å². The van der Waals surface area contributed by atoms with E-state index in [1.165, 1.54) is 17.4 Å². The van der Waals surface area contributed by atoms with Gasteiger partial charge in [0.25, 0.3) is 5.91 Å². The summed E-state index contributed by atoms with van der Waals surface area (Å²) < 4.78 is 45.0. The highest BCUT2D eigenvalue weighted by atomic mass is 32.1. The average molecular weight is 501 g/mol. The summed E-state index contributed by atoms with van der Waals surface area (Å²) in [6, 6.07) is 8.57. The number of benzene rings is 1. The first-order valence-corrected chi connectivity index (χ1v) is 13.0. The molecule has 2 aliphatic rings. The number of alkyl halides is 3. The van der Waals surface area contributed by atoms with Crippen LogP contribution in [0.15, 0.2) is 45.8 Å². The number of carbonyl (C=O) groups is 1. The van der Waals surface area contributed by atoms with E-state index in [-0.39, 0.29) is 11.9 Å². The molecule has 0 aliphatic heterocycles. The number of halogens is 3. The molecule has 4 nitrogen and oxygen atoms in total. The third kappa shape index (κ3) is 5.37. The van der Waals surface area contributed by atoms with E-state index >= 15 is 0 Å². The van der Waals surface area contributed by atoms with Gasteiger partial charge in [-0.25, -0.2) is 4.99 Å². The first kappa shape index (κ1) is 23.9. The number of aryl methyl sites for hydroxylation is 1. The zero-order valence-corrected chi connectivity index (χ0v) is 20.1. The summed E-state index contributed by atoms with van der Waals surface area (Å²) >= 11 is 1.55. The van der Waals surface area contributed by atoms with E-state index in [2.05, 4.69) is 10.3 Å². The van der Waals surface area contributed by atoms with Crippen LogP contribution in [0.3, 0.4) is 0 Å². The fraction of sp³-hybridized carbons (Fsp3) is 0.407. The van der Waals surface area contributed by atoms with Crippen LogP contribution in [-0.2, 0) is 19.0 Å². The summed E-state index contributed by atoms with van der Waals surface area (Å²) in [6.07, 6.45) is 6.69. The highest BCUT2D eigenvalue weighted by Gasteiger charge is 2.31. The van der Waals surface area contributed by atoms with Crippen molar-refractivity contribution in [3.63, 3.8) is 0 Å². The van der Waals surface area contributed by atoms with Crippen molar-refractivity contribution >= 4 is 28.5 Å². The molecule has 1 saturated carbocycles. The molecule has 2 heterocycles. The lowest BCUT2D eigenvalue weighted by molar-refractivity contribution is -0.137. The lowest BCUT2D eigenvalue weighted by atomic mass is 9.93.